The first-order chi connectivity index (χ1) is 8.56. The molecule has 0 saturated heterocycles. The van der Waals surface area contributed by atoms with Gasteiger partial charge in [-0.25, -0.2) is 4.79 Å². The molecule has 1 aromatic rings. The molecule has 6 heteroatoms. The van der Waals surface area contributed by atoms with Crippen LogP contribution < -0.4 is 15.4 Å². The first-order valence-electron chi connectivity index (χ1n) is 5.36. The zero-order valence-corrected chi connectivity index (χ0v) is 10.6. The van der Waals surface area contributed by atoms with Crippen LogP contribution in [0.3, 0.4) is 0 Å². The topological polar surface area (TPSA) is 76.7 Å². The fourth-order valence-corrected chi connectivity index (χ4v) is 1.32. The Kier molecular flexibility index (Phi) is 5.13. The van der Waals surface area contributed by atoms with E-state index in [-0.39, 0.29) is 12.5 Å². The lowest BCUT2D eigenvalue weighted by molar-refractivity contribution is -0.119. The molecule has 2 N–H and O–H groups in total. The molecular formula is C12H16N2O4. The maximum Gasteiger partial charge on any atom is 0.412 e. The molecule has 0 radical (unpaired) electrons. The van der Waals surface area contributed by atoms with Crippen LogP contribution in [0.1, 0.15) is 5.56 Å². The lowest BCUT2D eigenvalue weighted by Crippen LogP contribution is -2.22. The van der Waals surface area contributed by atoms with Crippen molar-refractivity contribution in [2.24, 2.45) is 0 Å². The van der Waals surface area contributed by atoms with Gasteiger partial charge in [0.2, 0.25) is 5.91 Å². The number of methoxy groups -OCH3 is 1. The van der Waals surface area contributed by atoms with E-state index >= 15 is 0 Å². The van der Waals surface area contributed by atoms with Crippen molar-refractivity contribution in [1.29, 1.82) is 0 Å². The van der Waals surface area contributed by atoms with Crippen LogP contribution in [-0.2, 0) is 9.53 Å². The molecule has 0 aliphatic heterocycles. The Morgan fingerprint density at radius 3 is 2.61 bits per heavy atom. The second kappa shape index (κ2) is 6.61. The average molecular weight is 252 g/mol. The molecule has 18 heavy (non-hydrogen) atoms. The maximum atomic E-state index is 11.3. The lowest BCUT2D eigenvalue weighted by atomic mass is 10.2. The van der Waals surface area contributed by atoms with Crippen LogP contribution in [0.15, 0.2) is 18.2 Å². The molecule has 0 aliphatic rings. The fraction of sp³-hybridized carbons (Fsp3) is 0.333. The number of benzene rings is 1. The number of nitrogens with one attached hydrogen (secondary N) is 2. The molecule has 0 heterocycles. The highest BCUT2D eigenvalue weighted by Gasteiger charge is 2.07. The molecule has 0 saturated carbocycles. The monoisotopic (exact) mass is 252 g/mol. The summed E-state index contributed by atoms with van der Waals surface area (Å²) in [5.74, 6) is 0.178. The first-order valence-corrected chi connectivity index (χ1v) is 5.36. The molecule has 0 aliphatic carbocycles. The summed E-state index contributed by atoms with van der Waals surface area (Å²) in [4.78, 5) is 22.4. The predicted molar refractivity (Wildman–Crippen MR) is 66.8 cm³/mol. The van der Waals surface area contributed by atoms with Gasteiger partial charge < -0.3 is 20.1 Å². The SMILES string of the molecule is CNC(=O)Oc1ccc(NC(=O)COC)c(C)c1. The van der Waals surface area contributed by atoms with Gasteiger partial charge in [0.05, 0.1) is 0 Å². The van der Waals surface area contributed by atoms with Crippen molar-refractivity contribution < 1.29 is 19.1 Å². The van der Waals surface area contributed by atoms with Crippen LogP contribution in [0.25, 0.3) is 0 Å². The number of carbonyl (C=O) groups excluding carboxylic acids is 2. The second-order valence-electron chi connectivity index (χ2n) is 3.60. The van der Waals surface area contributed by atoms with Crippen molar-refractivity contribution in [1.82, 2.24) is 5.32 Å². The van der Waals surface area contributed by atoms with Gasteiger partial charge in [0, 0.05) is 19.8 Å². The van der Waals surface area contributed by atoms with E-state index in [2.05, 4.69) is 10.6 Å². The summed E-state index contributed by atoms with van der Waals surface area (Å²) < 4.78 is 9.68. The van der Waals surface area contributed by atoms with E-state index in [9.17, 15) is 9.59 Å². The van der Waals surface area contributed by atoms with E-state index < -0.39 is 6.09 Å². The third-order valence-corrected chi connectivity index (χ3v) is 2.16. The Morgan fingerprint density at radius 2 is 2.06 bits per heavy atom. The standard InChI is InChI=1S/C12H16N2O4/c1-8-6-9(18-12(16)13-2)4-5-10(8)14-11(15)7-17-3/h4-6H,7H2,1-3H3,(H,13,16)(H,14,15). The summed E-state index contributed by atoms with van der Waals surface area (Å²) in [6, 6.07) is 4.93. The molecule has 2 amide bonds. The van der Waals surface area contributed by atoms with Crippen molar-refractivity contribution in [2.45, 2.75) is 6.92 Å². The van der Waals surface area contributed by atoms with Crippen LogP contribution in [0.5, 0.6) is 5.75 Å². The predicted octanol–water partition coefficient (Wildman–Crippen LogP) is 1.30. The van der Waals surface area contributed by atoms with Gasteiger partial charge in [-0.15, -0.1) is 0 Å². The highest BCUT2D eigenvalue weighted by Crippen LogP contribution is 2.21. The lowest BCUT2D eigenvalue weighted by Gasteiger charge is -2.10. The van der Waals surface area contributed by atoms with Gasteiger partial charge in [0.1, 0.15) is 12.4 Å². The third-order valence-electron chi connectivity index (χ3n) is 2.16. The number of rotatable bonds is 4. The quantitative estimate of drug-likeness (QED) is 0.846. The minimum Gasteiger partial charge on any atom is -0.410 e. The van der Waals surface area contributed by atoms with Crippen LogP contribution in [0.4, 0.5) is 10.5 Å². The Bertz CT molecular complexity index is 446. The number of anilines is 1. The number of ether oxygens (including phenoxy) is 2. The van der Waals surface area contributed by atoms with E-state index in [0.717, 1.165) is 5.56 Å². The molecular weight excluding hydrogens is 236 g/mol. The summed E-state index contributed by atoms with van der Waals surface area (Å²) in [6.07, 6.45) is -0.537. The van der Waals surface area contributed by atoms with Gasteiger partial charge in [-0.05, 0) is 30.7 Å². The zero-order chi connectivity index (χ0) is 13.5. The molecule has 0 fully saturated rings. The van der Waals surface area contributed by atoms with Gasteiger partial charge in [0.25, 0.3) is 0 Å². The molecule has 0 aromatic heterocycles. The maximum absolute atomic E-state index is 11.3. The third kappa shape index (κ3) is 4.06. The smallest absolute Gasteiger partial charge is 0.410 e. The minimum atomic E-state index is -0.537. The van der Waals surface area contributed by atoms with Gasteiger partial charge in [0.15, 0.2) is 0 Å². The average Bonchev–Trinajstić information content (AvgIpc) is 2.33. The number of hydrogen-bond donors (Lipinski definition) is 2. The second-order valence-corrected chi connectivity index (χ2v) is 3.60. The fourth-order valence-electron chi connectivity index (χ4n) is 1.32. The number of hydrogen-bond acceptors (Lipinski definition) is 4. The van der Waals surface area contributed by atoms with Crippen LogP contribution >= 0.6 is 0 Å². The molecule has 98 valence electrons. The van der Waals surface area contributed by atoms with Crippen molar-refractivity contribution in [3.63, 3.8) is 0 Å². The molecule has 0 bridgehead atoms. The van der Waals surface area contributed by atoms with Crippen molar-refractivity contribution in [2.75, 3.05) is 26.1 Å². The summed E-state index contributed by atoms with van der Waals surface area (Å²) in [5.41, 5.74) is 1.45. The van der Waals surface area contributed by atoms with E-state index in [1.165, 1.54) is 14.2 Å². The summed E-state index contributed by atoms with van der Waals surface area (Å²) in [6.45, 7) is 1.80. The molecule has 0 unspecified atom stereocenters. The van der Waals surface area contributed by atoms with Gasteiger partial charge in [-0.3, -0.25) is 4.79 Å². The summed E-state index contributed by atoms with van der Waals surface area (Å²) >= 11 is 0. The van der Waals surface area contributed by atoms with Gasteiger partial charge >= 0.3 is 6.09 Å². The Morgan fingerprint density at radius 1 is 1.33 bits per heavy atom. The Labute approximate surface area is 105 Å². The Balaban J connectivity index is 2.73. The van der Waals surface area contributed by atoms with E-state index in [0.29, 0.717) is 11.4 Å². The molecule has 0 atom stereocenters. The van der Waals surface area contributed by atoms with Crippen LogP contribution in [-0.4, -0.2) is 32.8 Å². The number of amides is 2. The van der Waals surface area contributed by atoms with E-state index in [1.54, 1.807) is 25.1 Å². The summed E-state index contributed by atoms with van der Waals surface area (Å²) in [5, 5.41) is 5.03. The van der Waals surface area contributed by atoms with Crippen molar-refractivity contribution in [3.05, 3.63) is 23.8 Å². The van der Waals surface area contributed by atoms with Crippen LogP contribution in [0.2, 0.25) is 0 Å². The van der Waals surface area contributed by atoms with Crippen molar-refractivity contribution in [3.8, 4) is 5.75 Å². The molecule has 1 aromatic carbocycles. The number of carbonyl (C=O) groups is 2. The Hall–Kier alpha value is -2.08. The van der Waals surface area contributed by atoms with Gasteiger partial charge in [-0.2, -0.15) is 0 Å². The zero-order valence-electron chi connectivity index (χ0n) is 10.6. The highest BCUT2D eigenvalue weighted by atomic mass is 16.5. The van der Waals surface area contributed by atoms with E-state index in [4.69, 9.17) is 9.47 Å². The van der Waals surface area contributed by atoms with Crippen LogP contribution in [0, 0.1) is 6.92 Å². The largest absolute Gasteiger partial charge is 0.412 e. The van der Waals surface area contributed by atoms with Gasteiger partial charge in [-0.1, -0.05) is 0 Å². The minimum absolute atomic E-state index is 0.00404. The first kappa shape index (κ1) is 14.0. The normalized spacial score (nSPS) is 9.72. The highest BCUT2D eigenvalue weighted by molar-refractivity contribution is 5.92. The molecule has 0 spiro atoms. The summed E-state index contributed by atoms with van der Waals surface area (Å²) in [7, 11) is 2.93. The molecule has 6 nitrogen and oxygen atoms in total. The van der Waals surface area contributed by atoms with Crippen molar-refractivity contribution >= 4 is 17.7 Å². The number of aryl methyl sites for hydroxylation is 1. The molecule has 1 rings (SSSR count). The van der Waals surface area contributed by atoms with E-state index in [1.807, 2.05) is 0 Å².